The highest BCUT2D eigenvalue weighted by atomic mass is 35.5. The molecule has 7 nitrogen and oxygen atoms in total. The Kier molecular flexibility index (Phi) is 5.32. The Labute approximate surface area is 113 Å². The van der Waals surface area contributed by atoms with Crippen molar-refractivity contribution >= 4 is 44.1 Å². The predicted octanol–water partition coefficient (Wildman–Crippen LogP) is 0.674. The topological polar surface area (TPSA) is 111 Å². The van der Waals surface area contributed by atoms with Crippen LogP contribution in [0.4, 0.5) is 5.13 Å². The molecule has 1 aromatic heterocycles. The van der Waals surface area contributed by atoms with Crippen LogP contribution in [0.25, 0.3) is 0 Å². The molecule has 0 saturated carbocycles. The molecular weight excluding hydrogens is 302 g/mol. The quantitative estimate of drug-likeness (QED) is 0.590. The summed E-state index contributed by atoms with van der Waals surface area (Å²) in [5.74, 6) is -0.682. The zero-order valence-corrected chi connectivity index (χ0v) is 11.9. The van der Waals surface area contributed by atoms with E-state index in [1.54, 1.807) is 0 Å². The van der Waals surface area contributed by atoms with Crippen molar-refractivity contribution in [2.24, 2.45) is 5.14 Å². The first-order chi connectivity index (χ1) is 8.33. The van der Waals surface area contributed by atoms with Gasteiger partial charge in [-0.3, -0.25) is 0 Å². The van der Waals surface area contributed by atoms with Crippen molar-refractivity contribution in [2.45, 2.75) is 6.42 Å². The highest BCUT2D eigenvalue weighted by molar-refractivity contribution is 7.89. The molecule has 0 radical (unpaired) electrons. The largest absolute Gasteiger partial charge is 0.465 e. The number of esters is 1. The number of carbonyl (C=O) groups excluding carboxylic acids is 1. The Bertz CT molecular complexity index is 528. The zero-order chi connectivity index (χ0) is 13.8. The summed E-state index contributed by atoms with van der Waals surface area (Å²) in [6.07, 6.45) is 0.337. The second-order valence-electron chi connectivity index (χ2n) is 3.28. The zero-order valence-electron chi connectivity index (χ0n) is 9.47. The molecule has 102 valence electrons. The maximum atomic E-state index is 11.2. The molecule has 0 aliphatic rings. The third-order valence-electron chi connectivity index (χ3n) is 1.84. The van der Waals surface area contributed by atoms with E-state index in [2.05, 4.69) is 15.0 Å². The summed E-state index contributed by atoms with van der Waals surface area (Å²) in [5.41, 5.74) is 0. The summed E-state index contributed by atoms with van der Waals surface area (Å²) in [6.45, 7) is 0.362. The number of thiazole rings is 1. The summed E-state index contributed by atoms with van der Waals surface area (Å²) < 4.78 is 25.9. The average Bonchev–Trinajstić information content (AvgIpc) is 2.64. The van der Waals surface area contributed by atoms with E-state index in [4.69, 9.17) is 16.7 Å². The fourth-order valence-corrected chi connectivity index (χ4v) is 2.74. The second kappa shape index (κ2) is 6.32. The average molecular weight is 314 g/mol. The van der Waals surface area contributed by atoms with Crippen LogP contribution in [-0.2, 0) is 14.8 Å². The van der Waals surface area contributed by atoms with E-state index in [0.29, 0.717) is 18.1 Å². The maximum absolute atomic E-state index is 11.2. The van der Waals surface area contributed by atoms with E-state index in [1.807, 2.05) is 0 Å². The molecule has 1 aromatic rings. The molecule has 0 unspecified atom stereocenters. The summed E-state index contributed by atoms with van der Waals surface area (Å²) >= 11 is 6.79. The Hall–Kier alpha value is -0.900. The van der Waals surface area contributed by atoms with Gasteiger partial charge in [0.05, 0.1) is 12.9 Å². The van der Waals surface area contributed by atoms with Crippen LogP contribution in [0.15, 0.2) is 0 Å². The number of halogens is 1. The minimum absolute atomic E-state index is 0.0563. The van der Waals surface area contributed by atoms with Crippen LogP contribution in [0, 0.1) is 0 Å². The lowest BCUT2D eigenvalue weighted by Gasteiger charge is -2.00. The molecule has 0 amide bonds. The van der Waals surface area contributed by atoms with Gasteiger partial charge in [0.25, 0.3) is 0 Å². The minimum atomic E-state index is -3.46. The molecule has 0 spiro atoms. The van der Waals surface area contributed by atoms with Crippen LogP contribution in [0.2, 0.25) is 5.15 Å². The number of aromatic nitrogens is 1. The molecule has 3 N–H and O–H groups in total. The summed E-state index contributed by atoms with van der Waals surface area (Å²) in [5, 5.41) is 8.18. The molecule has 1 rings (SSSR count). The fourth-order valence-electron chi connectivity index (χ4n) is 1.06. The molecule has 0 aliphatic carbocycles. The Morgan fingerprint density at radius 2 is 2.28 bits per heavy atom. The van der Waals surface area contributed by atoms with E-state index in [9.17, 15) is 13.2 Å². The molecule has 0 bridgehead atoms. The maximum Gasteiger partial charge on any atom is 0.351 e. The standard InChI is InChI=1S/C8H12ClN3O4S2/c1-16-7(13)5-6(9)12-8(17-5)11-3-2-4-18(10,14)15/h2-4H2,1H3,(H,11,12)(H2,10,14,15). The molecule has 0 fully saturated rings. The molecule has 0 atom stereocenters. The number of hydrogen-bond acceptors (Lipinski definition) is 7. The van der Waals surface area contributed by atoms with Gasteiger partial charge in [-0.1, -0.05) is 22.9 Å². The molecule has 0 saturated heterocycles. The molecule has 0 aromatic carbocycles. The van der Waals surface area contributed by atoms with Crippen molar-refractivity contribution in [3.8, 4) is 0 Å². The molecular formula is C8H12ClN3O4S2. The number of carbonyl (C=O) groups is 1. The van der Waals surface area contributed by atoms with Gasteiger partial charge in [0.2, 0.25) is 10.0 Å². The molecule has 10 heteroatoms. The first kappa shape index (κ1) is 15.2. The van der Waals surface area contributed by atoms with Crippen LogP contribution in [0.3, 0.4) is 0 Å². The van der Waals surface area contributed by atoms with Gasteiger partial charge in [0, 0.05) is 6.54 Å². The lowest BCUT2D eigenvalue weighted by molar-refractivity contribution is 0.0606. The number of sulfonamides is 1. The third kappa shape index (κ3) is 4.77. The van der Waals surface area contributed by atoms with E-state index in [1.165, 1.54) is 7.11 Å². The van der Waals surface area contributed by atoms with E-state index in [-0.39, 0.29) is 15.8 Å². The van der Waals surface area contributed by atoms with Crippen molar-refractivity contribution in [1.82, 2.24) is 4.98 Å². The number of rotatable bonds is 6. The van der Waals surface area contributed by atoms with Gasteiger partial charge in [0.15, 0.2) is 15.2 Å². The number of primary sulfonamides is 1. The SMILES string of the molecule is COC(=O)c1sc(NCCCS(N)(=O)=O)nc1Cl. The second-order valence-corrected chi connectivity index (χ2v) is 6.37. The smallest absolute Gasteiger partial charge is 0.351 e. The monoisotopic (exact) mass is 313 g/mol. The van der Waals surface area contributed by atoms with Gasteiger partial charge in [-0.05, 0) is 6.42 Å². The van der Waals surface area contributed by atoms with Gasteiger partial charge in [-0.2, -0.15) is 0 Å². The highest BCUT2D eigenvalue weighted by Crippen LogP contribution is 2.27. The van der Waals surface area contributed by atoms with Crippen LogP contribution < -0.4 is 10.5 Å². The summed E-state index contributed by atoms with van der Waals surface area (Å²) in [4.78, 5) is 15.4. The van der Waals surface area contributed by atoms with Gasteiger partial charge >= 0.3 is 5.97 Å². The van der Waals surface area contributed by atoms with Gasteiger partial charge < -0.3 is 10.1 Å². The molecule has 0 aliphatic heterocycles. The Morgan fingerprint density at radius 1 is 1.61 bits per heavy atom. The fraction of sp³-hybridized carbons (Fsp3) is 0.500. The lowest BCUT2D eigenvalue weighted by atomic mass is 10.5. The van der Waals surface area contributed by atoms with Crippen molar-refractivity contribution in [3.63, 3.8) is 0 Å². The first-order valence-corrected chi connectivity index (χ1v) is 7.73. The van der Waals surface area contributed by atoms with E-state index in [0.717, 1.165) is 11.3 Å². The van der Waals surface area contributed by atoms with Crippen molar-refractivity contribution < 1.29 is 17.9 Å². The van der Waals surface area contributed by atoms with Crippen LogP contribution in [0.5, 0.6) is 0 Å². The third-order valence-corrected chi connectivity index (χ3v) is 4.07. The van der Waals surface area contributed by atoms with E-state index < -0.39 is 16.0 Å². The minimum Gasteiger partial charge on any atom is -0.465 e. The van der Waals surface area contributed by atoms with E-state index >= 15 is 0 Å². The van der Waals surface area contributed by atoms with Crippen LogP contribution in [0.1, 0.15) is 16.1 Å². The van der Waals surface area contributed by atoms with Gasteiger partial charge in [-0.15, -0.1) is 0 Å². The summed E-state index contributed by atoms with van der Waals surface area (Å²) in [7, 11) is -2.21. The number of anilines is 1. The van der Waals surface area contributed by atoms with Crippen LogP contribution in [-0.4, -0.2) is 38.8 Å². The number of methoxy groups -OCH3 is 1. The van der Waals surface area contributed by atoms with Gasteiger partial charge in [0.1, 0.15) is 0 Å². The highest BCUT2D eigenvalue weighted by Gasteiger charge is 2.17. The normalized spacial score (nSPS) is 11.3. The van der Waals surface area contributed by atoms with Crippen molar-refractivity contribution in [1.29, 1.82) is 0 Å². The molecule has 18 heavy (non-hydrogen) atoms. The Morgan fingerprint density at radius 3 is 2.83 bits per heavy atom. The summed E-state index contributed by atoms with van der Waals surface area (Å²) in [6, 6.07) is 0. The first-order valence-electron chi connectivity index (χ1n) is 4.82. The number of hydrogen-bond donors (Lipinski definition) is 2. The van der Waals surface area contributed by atoms with Crippen molar-refractivity contribution in [3.05, 3.63) is 10.0 Å². The number of nitrogens with zero attached hydrogens (tertiary/aromatic N) is 1. The predicted molar refractivity (Wildman–Crippen MR) is 69.5 cm³/mol. The number of nitrogens with two attached hydrogens (primary N) is 1. The number of ether oxygens (including phenoxy) is 1. The van der Waals surface area contributed by atoms with Gasteiger partial charge in [-0.25, -0.2) is 23.3 Å². The Balaban J connectivity index is 2.51. The lowest BCUT2D eigenvalue weighted by Crippen LogP contribution is -2.18. The van der Waals surface area contributed by atoms with Crippen LogP contribution >= 0.6 is 22.9 Å². The molecule has 1 heterocycles. The van der Waals surface area contributed by atoms with Crippen molar-refractivity contribution in [2.75, 3.05) is 24.7 Å². The number of nitrogens with one attached hydrogen (secondary N) is 1.